The standard InChI is InChI=1S/C22H27N2O2/c1-17-22(18-7-3-2-4-8-18)20-9-5-6-10-21(20)24(17)16-19(25)15-23-11-13-26-14-12-23/h2-10,19,22,25H,11-16H2,1H3/q+1. The van der Waals surface area contributed by atoms with E-state index in [1.165, 1.54) is 22.5 Å². The van der Waals surface area contributed by atoms with Crippen LogP contribution in [0.3, 0.4) is 0 Å². The fourth-order valence-electron chi connectivity index (χ4n) is 4.21. The van der Waals surface area contributed by atoms with Gasteiger partial charge in [-0.2, -0.15) is 4.58 Å². The van der Waals surface area contributed by atoms with Crippen molar-refractivity contribution in [1.29, 1.82) is 0 Å². The minimum Gasteiger partial charge on any atom is -0.385 e. The molecule has 0 saturated carbocycles. The van der Waals surface area contributed by atoms with Gasteiger partial charge in [0.25, 0.3) is 0 Å². The molecule has 4 heteroatoms. The van der Waals surface area contributed by atoms with Crippen LogP contribution in [-0.2, 0) is 4.74 Å². The van der Waals surface area contributed by atoms with E-state index in [-0.39, 0.29) is 12.0 Å². The number of nitrogens with zero attached hydrogens (tertiary/aromatic N) is 2. The van der Waals surface area contributed by atoms with Crippen LogP contribution >= 0.6 is 0 Å². The van der Waals surface area contributed by atoms with Crippen LogP contribution in [0.15, 0.2) is 54.6 Å². The van der Waals surface area contributed by atoms with Gasteiger partial charge in [0.2, 0.25) is 5.69 Å². The van der Waals surface area contributed by atoms with Crippen molar-refractivity contribution in [2.75, 3.05) is 39.4 Å². The average Bonchev–Trinajstić information content (AvgIpc) is 2.95. The van der Waals surface area contributed by atoms with Crippen molar-refractivity contribution in [2.24, 2.45) is 0 Å². The molecule has 1 saturated heterocycles. The summed E-state index contributed by atoms with van der Waals surface area (Å²) in [6.07, 6.45) is -0.384. The van der Waals surface area contributed by atoms with Gasteiger partial charge in [-0.3, -0.25) is 4.90 Å². The highest BCUT2D eigenvalue weighted by Gasteiger charge is 2.38. The summed E-state index contributed by atoms with van der Waals surface area (Å²) in [5, 5.41) is 10.7. The summed E-state index contributed by atoms with van der Waals surface area (Å²) >= 11 is 0. The summed E-state index contributed by atoms with van der Waals surface area (Å²) in [6.45, 7) is 6.86. The minimum absolute atomic E-state index is 0.267. The second-order valence-corrected chi connectivity index (χ2v) is 7.22. The minimum atomic E-state index is -0.384. The Balaban J connectivity index is 1.58. The Labute approximate surface area is 155 Å². The summed E-state index contributed by atoms with van der Waals surface area (Å²) in [5.41, 5.74) is 5.15. The molecule has 26 heavy (non-hydrogen) atoms. The predicted octanol–water partition coefficient (Wildman–Crippen LogP) is 2.63. The smallest absolute Gasteiger partial charge is 0.209 e. The maximum absolute atomic E-state index is 10.7. The molecular weight excluding hydrogens is 324 g/mol. The van der Waals surface area contributed by atoms with Crippen molar-refractivity contribution in [1.82, 2.24) is 4.90 Å². The third kappa shape index (κ3) is 3.45. The van der Waals surface area contributed by atoms with E-state index < -0.39 is 0 Å². The lowest BCUT2D eigenvalue weighted by Gasteiger charge is -2.27. The first-order valence-corrected chi connectivity index (χ1v) is 9.47. The van der Waals surface area contributed by atoms with E-state index in [2.05, 4.69) is 71.0 Å². The molecule has 2 atom stereocenters. The Hall–Kier alpha value is -2.01. The molecule has 1 fully saturated rings. The lowest BCUT2D eigenvalue weighted by Crippen LogP contribution is -2.43. The van der Waals surface area contributed by atoms with Gasteiger partial charge in [0.1, 0.15) is 6.10 Å². The summed E-state index contributed by atoms with van der Waals surface area (Å²) in [7, 11) is 0. The number of morpholine rings is 1. The zero-order chi connectivity index (χ0) is 17.9. The first-order valence-electron chi connectivity index (χ1n) is 9.47. The third-order valence-corrected chi connectivity index (χ3v) is 5.48. The van der Waals surface area contributed by atoms with Crippen LogP contribution in [0.5, 0.6) is 0 Å². The molecule has 2 heterocycles. The number of benzene rings is 2. The van der Waals surface area contributed by atoms with Crippen molar-refractivity contribution >= 4 is 11.4 Å². The molecule has 136 valence electrons. The maximum Gasteiger partial charge on any atom is 0.209 e. The Morgan fingerprint density at radius 3 is 2.54 bits per heavy atom. The Morgan fingerprint density at radius 2 is 1.77 bits per heavy atom. The zero-order valence-electron chi connectivity index (χ0n) is 15.3. The number of hydrogen-bond acceptors (Lipinski definition) is 3. The van der Waals surface area contributed by atoms with Crippen LogP contribution < -0.4 is 0 Å². The van der Waals surface area contributed by atoms with Crippen molar-refractivity contribution in [2.45, 2.75) is 18.9 Å². The first kappa shape index (κ1) is 17.4. The van der Waals surface area contributed by atoms with Crippen LogP contribution in [0.2, 0.25) is 0 Å². The van der Waals surface area contributed by atoms with E-state index in [4.69, 9.17) is 4.74 Å². The van der Waals surface area contributed by atoms with Crippen molar-refractivity contribution in [3.05, 3.63) is 65.7 Å². The van der Waals surface area contributed by atoms with Gasteiger partial charge in [0.05, 0.1) is 19.1 Å². The SMILES string of the molecule is CC1=[N+](CC(O)CN2CCOCC2)c2ccccc2C1c1ccccc1. The Bertz CT molecular complexity index is 782. The molecule has 2 aliphatic heterocycles. The van der Waals surface area contributed by atoms with E-state index in [0.717, 1.165) is 26.3 Å². The van der Waals surface area contributed by atoms with Crippen LogP contribution in [0.1, 0.15) is 24.0 Å². The van der Waals surface area contributed by atoms with Gasteiger partial charge in [0, 0.05) is 38.2 Å². The molecule has 0 aromatic heterocycles. The highest BCUT2D eigenvalue weighted by molar-refractivity contribution is 5.92. The van der Waals surface area contributed by atoms with Gasteiger partial charge in [-0.1, -0.05) is 48.5 Å². The van der Waals surface area contributed by atoms with E-state index in [1.54, 1.807) is 0 Å². The normalized spacial score (nSPS) is 21.7. The van der Waals surface area contributed by atoms with Gasteiger partial charge in [-0.15, -0.1) is 0 Å². The second kappa shape index (κ2) is 7.70. The molecule has 4 rings (SSSR count). The van der Waals surface area contributed by atoms with Crippen LogP contribution in [0.25, 0.3) is 0 Å². The molecule has 2 aliphatic rings. The highest BCUT2D eigenvalue weighted by atomic mass is 16.5. The Kier molecular flexibility index (Phi) is 5.16. The molecule has 4 nitrogen and oxygen atoms in total. The summed E-state index contributed by atoms with van der Waals surface area (Å²) < 4.78 is 7.71. The molecule has 0 radical (unpaired) electrons. The average molecular weight is 351 g/mol. The van der Waals surface area contributed by atoms with Crippen molar-refractivity contribution in [3.63, 3.8) is 0 Å². The number of hydrogen-bond donors (Lipinski definition) is 1. The monoisotopic (exact) mass is 351 g/mol. The molecule has 1 N–H and O–H groups in total. The first-order chi connectivity index (χ1) is 12.7. The van der Waals surface area contributed by atoms with Crippen molar-refractivity contribution in [3.8, 4) is 0 Å². The lowest BCUT2D eigenvalue weighted by molar-refractivity contribution is -0.450. The van der Waals surface area contributed by atoms with Crippen LogP contribution in [0, 0.1) is 0 Å². The van der Waals surface area contributed by atoms with Crippen LogP contribution in [-0.4, -0.2) is 65.8 Å². The molecule has 0 spiro atoms. The lowest BCUT2D eigenvalue weighted by atomic mass is 9.89. The van der Waals surface area contributed by atoms with Gasteiger partial charge >= 0.3 is 0 Å². The van der Waals surface area contributed by atoms with Gasteiger partial charge < -0.3 is 9.84 Å². The van der Waals surface area contributed by atoms with Crippen LogP contribution in [0.4, 0.5) is 5.69 Å². The van der Waals surface area contributed by atoms with Gasteiger partial charge in [-0.05, 0) is 5.56 Å². The third-order valence-electron chi connectivity index (χ3n) is 5.48. The number of β-amino-alcohol motifs (C(OH)–C–C–N with tert-alkyl or cyclic N) is 1. The molecule has 0 aliphatic carbocycles. The quantitative estimate of drug-likeness (QED) is 0.841. The van der Waals surface area contributed by atoms with Crippen molar-refractivity contribution < 1.29 is 14.4 Å². The predicted molar refractivity (Wildman–Crippen MR) is 103 cm³/mol. The molecule has 2 unspecified atom stereocenters. The van der Waals surface area contributed by atoms with Gasteiger partial charge in [-0.25, -0.2) is 0 Å². The topological polar surface area (TPSA) is 35.7 Å². The maximum atomic E-state index is 10.7. The number of fused-ring (bicyclic) bond motifs is 1. The van der Waals surface area contributed by atoms with E-state index in [9.17, 15) is 5.11 Å². The molecule has 0 amide bonds. The Morgan fingerprint density at radius 1 is 1.08 bits per heavy atom. The molecule has 2 aromatic rings. The zero-order valence-corrected chi connectivity index (χ0v) is 15.3. The highest BCUT2D eigenvalue weighted by Crippen LogP contribution is 2.39. The largest absolute Gasteiger partial charge is 0.385 e. The summed E-state index contributed by atoms with van der Waals surface area (Å²) in [4.78, 5) is 2.29. The summed E-state index contributed by atoms with van der Waals surface area (Å²) in [6, 6.07) is 19.2. The molecular formula is C22H27N2O2+. The fourth-order valence-corrected chi connectivity index (χ4v) is 4.21. The fraction of sp³-hybridized carbons (Fsp3) is 0.409. The number of ether oxygens (including phenoxy) is 1. The number of aliphatic hydroxyl groups is 1. The van der Waals surface area contributed by atoms with E-state index >= 15 is 0 Å². The van der Waals surface area contributed by atoms with E-state index in [0.29, 0.717) is 13.1 Å². The number of para-hydroxylation sites is 1. The molecule has 2 aromatic carbocycles. The van der Waals surface area contributed by atoms with Gasteiger partial charge in [0.15, 0.2) is 12.3 Å². The molecule has 0 bridgehead atoms. The summed E-state index contributed by atoms with van der Waals surface area (Å²) in [5.74, 6) is 0.267. The van der Waals surface area contributed by atoms with E-state index in [1.807, 2.05) is 0 Å². The second-order valence-electron chi connectivity index (χ2n) is 7.22. The number of aliphatic hydroxyl groups excluding tert-OH is 1. The number of rotatable bonds is 5.